The third-order valence-electron chi connectivity index (χ3n) is 6.36. The number of carbonyl (C=O) groups excluding carboxylic acids is 1. The van der Waals surface area contributed by atoms with Gasteiger partial charge in [0.15, 0.2) is 0 Å². The van der Waals surface area contributed by atoms with Gasteiger partial charge in [0, 0.05) is 29.3 Å². The zero-order valence-electron chi connectivity index (χ0n) is 19.7. The van der Waals surface area contributed by atoms with Crippen molar-refractivity contribution < 1.29 is 4.79 Å². The lowest BCUT2D eigenvalue weighted by Gasteiger charge is -2.08. The van der Waals surface area contributed by atoms with Crippen LogP contribution in [0, 0.1) is 13.8 Å². The molecule has 170 valence electrons. The van der Waals surface area contributed by atoms with E-state index in [1.807, 2.05) is 18.2 Å². The summed E-state index contributed by atoms with van der Waals surface area (Å²) in [4.78, 5) is 21.0. The number of aromatic amines is 1. The molecule has 5 aromatic rings. The monoisotopic (exact) mass is 447 g/mol. The van der Waals surface area contributed by atoms with Gasteiger partial charge in [-0.15, -0.1) is 0 Å². The number of carbonyl (C=O) groups is 1. The molecule has 5 rings (SSSR count). The van der Waals surface area contributed by atoms with Crippen molar-refractivity contribution in [1.82, 2.24) is 15.3 Å². The summed E-state index contributed by atoms with van der Waals surface area (Å²) in [7, 11) is 0. The standard InChI is InChI=1S/C30H29N3O/c1-20-10-13-22(14-11-20)19-31-29(34)9-5-7-24-25-18-21(2)12-16-27(25)33-30(24)28-17-15-23-6-3-4-8-26(23)32-28/h3-4,6,8,10-18,33H,5,7,9,19H2,1-2H3,(H,31,34). The van der Waals surface area contributed by atoms with Crippen LogP contribution in [0.4, 0.5) is 0 Å². The molecule has 0 radical (unpaired) electrons. The van der Waals surface area contributed by atoms with Gasteiger partial charge < -0.3 is 10.3 Å². The van der Waals surface area contributed by atoms with Crippen LogP contribution < -0.4 is 5.32 Å². The lowest BCUT2D eigenvalue weighted by atomic mass is 10.0. The largest absolute Gasteiger partial charge is 0.353 e. The first-order chi connectivity index (χ1) is 16.6. The number of aryl methyl sites for hydroxylation is 3. The Morgan fingerprint density at radius 1 is 0.912 bits per heavy atom. The Hall–Kier alpha value is -3.92. The Morgan fingerprint density at radius 3 is 2.56 bits per heavy atom. The van der Waals surface area contributed by atoms with E-state index < -0.39 is 0 Å². The second-order valence-electron chi connectivity index (χ2n) is 9.03. The highest BCUT2D eigenvalue weighted by atomic mass is 16.1. The van der Waals surface area contributed by atoms with Crippen LogP contribution >= 0.6 is 0 Å². The molecule has 3 aromatic carbocycles. The second kappa shape index (κ2) is 9.52. The number of rotatable bonds is 7. The SMILES string of the molecule is Cc1ccc(CNC(=O)CCCc2c(-c3ccc4ccccc4n3)[nH]c3ccc(C)cc23)cc1. The van der Waals surface area contributed by atoms with Gasteiger partial charge in [0.1, 0.15) is 0 Å². The summed E-state index contributed by atoms with van der Waals surface area (Å²) in [6.07, 6.45) is 2.08. The van der Waals surface area contributed by atoms with Crippen molar-refractivity contribution >= 4 is 27.7 Å². The van der Waals surface area contributed by atoms with Gasteiger partial charge >= 0.3 is 0 Å². The zero-order chi connectivity index (χ0) is 23.5. The van der Waals surface area contributed by atoms with E-state index in [1.165, 1.54) is 22.1 Å². The van der Waals surface area contributed by atoms with Crippen molar-refractivity contribution in [2.24, 2.45) is 0 Å². The summed E-state index contributed by atoms with van der Waals surface area (Å²) in [6, 6.07) is 27.1. The quantitative estimate of drug-likeness (QED) is 0.294. The van der Waals surface area contributed by atoms with E-state index >= 15 is 0 Å². The predicted molar refractivity (Wildman–Crippen MR) is 140 cm³/mol. The average molecular weight is 448 g/mol. The number of hydrogen-bond acceptors (Lipinski definition) is 2. The van der Waals surface area contributed by atoms with E-state index in [9.17, 15) is 4.79 Å². The molecule has 2 heterocycles. The van der Waals surface area contributed by atoms with E-state index in [0.717, 1.165) is 46.2 Å². The molecule has 4 heteroatoms. The van der Waals surface area contributed by atoms with Gasteiger partial charge in [0.05, 0.1) is 16.9 Å². The van der Waals surface area contributed by atoms with E-state index in [4.69, 9.17) is 4.98 Å². The van der Waals surface area contributed by atoms with Crippen LogP contribution in [0.25, 0.3) is 33.2 Å². The minimum absolute atomic E-state index is 0.0852. The molecule has 1 amide bonds. The minimum atomic E-state index is 0.0852. The molecule has 0 unspecified atom stereocenters. The van der Waals surface area contributed by atoms with Gasteiger partial charge in [0.25, 0.3) is 0 Å². The van der Waals surface area contributed by atoms with E-state index in [1.54, 1.807) is 0 Å². The number of pyridine rings is 1. The summed E-state index contributed by atoms with van der Waals surface area (Å²) in [5.41, 5.74) is 8.87. The maximum Gasteiger partial charge on any atom is 0.220 e. The van der Waals surface area contributed by atoms with E-state index in [0.29, 0.717) is 13.0 Å². The number of benzene rings is 3. The molecule has 2 aromatic heterocycles. The van der Waals surface area contributed by atoms with E-state index in [-0.39, 0.29) is 5.91 Å². The van der Waals surface area contributed by atoms with Gasteiger partial charge in [-0.1, -0.05) is 65.7 Å². The van der Waals surface area contributed by atoms with Crippen LogP contribution in [-0.2, 0) is 17.8 Å². The van der Waals surface area contributed by atoms with Crippen LogP contribution in [0.3, 0.4) is 0 Å². The fraction of sp³-hybridized carbons (Fsp3) is 0.200. The van der Waals surface area contributed by atoms with Crippen molar-refractivity contribution in [1.29, 1.82) is 0 Å². The Kier molecular flexibility index (Phi) is 6.13. The first-order valence-corrected chi connectivity index (χ1v) is 11.9. The number of nitrogens with one attached hydrogen (secondary N) is 2. The Bertz CT molecular complexity index is 1460. The molecule has 34 heavy (non-hydrogen) atoms. The van der Waals surface area contributed by atoms with Gasteiger partial charge in [-0.25, -0.2) is 4.98 Å². The molecule has 0 aliphatic heterocycles. The highest BCUT2D eigenvalue weighted by molar-refractivity contribution is 5.92. The third kappa shape index (κ3) is 4.72. The number of hydrogen-bond donors (Lipinski definition) is 2. The third-order valence-corrected chi connectivity index (χ3v) is 6.36. The zero-order valence-corrected chi connectivity index (χ0v) is 19.7. The summed E-state index contributed by atoms with van der Waals surface area (Å²) < 4.78 is 0. The molecule has 0 atom stereocenters. The van der Waals surface area contributed by atoms with Crippen LogP contribution in [-0.4, -0.2) is 15.9 Å². The molecular weight excluding hydrogens is 418 g/mol. The molecular formula is C30H29N3O. The molecule has 0 bridgehead atoms. The maximum atomic E-state index is 12.5. The van der Waals surface area contributed by atoms with Gasteiger partial charge in [0.2, 0.25) is 5.91 Å². The number of nitrogens with zero attached hydrogens (tertiary/aromatic N) is 1. The fourth-order valence-electron chi connectivity index (χ4n) is 4.47. The highest BCUT2D eigenvalue weighted by Crippen LogP contribution is 2.32. The molecule has 0 saturated heterocycles. The first-order valence-electron chi connectivity index (χ1n) is 11.9. The summed E-state index contributed by atoms with van der Waals surface area (Å²) in [5, 5.41) is 5.39. The Labute approximate surface area is 200 Å². The number of aromatic nitrogens is 2. The predicted octanol–water partition coefficient (Wildman–Crippen LogP) is 6.64. The van der Waals surface area contributed by atoms with Gasteiger partial charge in [-0.05, 0) is 62.1 Å². The minimum Gasteiger partial charge on any atom is -0.353 e. The van der Waals surface area contributed by atoms with Crippen molar-refractivity contribution in [2.75, 3.05) is 0 Å². The highest BCUT2D eigenvalue weighted by Gasteiger charge is 2.15. The topological polar surface area (TPSA) is 57.8 Å². The van der Waals surface area contributed by atoms with Crippen molar-refractivity contribution in [2.45, 2.75) is 39.7 Å². The molecule has 0 fully saturated rings. The number of amides is 1. The molecule has 2 N–H and O–H groups in total. The summed E-state index contributed by atoms with van der Waals surface area (Å²) >= 11 is 0. The molecule has 0 spiro atoms. The van der Waals surface area contributed by atoms with Crippen LogP contribution in [0.2, 0.25) is 0 Å². The number of H-pyrrole nitrogens is 1. The van der Waals surface area contributed by atoms with Crippen molar-refractivity contribution in [3.05, 3.63) is 101 Å². The lowest BCUT2D eigenvalue weighted by molar-refractivity contribution is -0.121. The fourth-order valence-corrected chi connectivity index (χ4v) is 4.47. The second-order valence-corrected chi connectivity index (χ2v) is 9.03. The lowest BCUT2D eigenvalue weighted by Crippen LogP contribution is -2.22. The molecule has 0 aliphatic carbocycles. The smallest absolute Gasteiger partial charge is 0.220 e. The van der Waals surface area contributed by atoms with Gasteiger partial charge in [-0.3, -0.25) is 4.79 Å². The van der Waals surface area contributed by atoms with Crippen LogP contribution in [0.5, 0.6) is 0 Å². The Balaban J connectivity index is 1.34. The van der Waals surface area contributed by atoms with E-state index in [2.05, 4.69) is 84.8 Å². The maximum absolute atomic E-state index is 12.5. The Morgan fingerprint density at radius 2 is 1.71 bits per heavy atom. The first kappa shape index (κ1) is 21.9. The summed E-state index contributed by atoms with van der Waals surface area (Å²) in [5.74, 6) is 0.0852. The number of para-hydroxylation sites is 1. The summed E-state index contributed by atoms with van der Waals surface area (Å²) in [6.45, 7) is 4.75. The van der Waals surface area contributed by atoms with Crippen LogP contribution in [0.1, 0.15) is 35.1 Å². The van der Waals surface area contributed by atoms with Crippen molar-refractivity contribution in [3.8, 4) is 11.4 Å². The molecule has 0 saturated carbocycles. The number of fused-ring (bicyclic) bond motifs is 2. The average Bonchev–Trinajstić information content (AvgIpc) is 3.21. The molecule has 0 aliphatic rings. The van der Waals surface area contributed by atoms with Crippen LogP contribution in [0.15, 0.2) is 78.9 Å². The molecule has 4 nitrogen and oxygen atoms in total. The van der Waals surface area contributed by atoms with Gasteiger partial charge in [-0.2, -0.15) is 0 Å². The normalized spacial score (nSPS) is 11.2. The van der Waals surface area contributed by atoms with Crippen molar-refractivity contribution in [3.63, 3.8) is 0 Å².